The molecule has 0 aliphatic carbocycles. The first-order chi connectivity index (χ1) is 13.7. The van der Waals surface area contributed by atoms with Crippen LogP contribution in [-0.4, -0.2) is 15.9 Å². The number of ketones is 1. The number of aryl methyl sites for hydroxylation is 2. The third-order valence-electron chi connectivity index (χ3n) is 4.32. The van der Waals surface area contributed by atoms with Crippen LogP contribution in [0.15, 0.2) is 54.4 Å². The number of hydrogen-bond donors (Lipinski definition) is 1. The van der Waals surface area contributed by atoms with Crippen LogP contribution in [0.5, 0.6) is 0 Å². The van der Waals surface area contributed by atoms with Gasteiger partial charge in [0.1, 0.15) is 0 Å². The van der Waals surface area contributed by atoms with Crippen LogP contribution >= 0.6 is 0 Å². The van der Waals surface area contributed by atoms with Gasteiger partial charge in [0.05, 0.1) is 5.76 Å². The van der Waals surface area contributed by atoms with Gasteiger partial charge in [-0.2, -0.15) is 0 Å². The monoisotopic (exact) mass is 581 g/mol. The van der Waals surface area contributed by atoms with Crippen molar-refractivity contribution in [2.24, 2.45) is 5.92 Å². The number of aliphatic hydroxyl groups is 1. The molecule has 0 amide bonds. The van der Waals surface area contributed by atoms with E-state index in [0.29, 0.717) is 5.92 Å². The number of allylic oxidation sites excluding steroid dienone is 2. The van der Waals surface area contributed by atoms with Crippen molar-refractivity contribution in [3.8, 4) is 11.3 Å². The standard InChI is InChI=1S/C21H22N.C5H8O2.Ir/c1-14(2)9-18-13-22-21(20-8-6-5-7-19(18)20)17-11-15(3)10-16(4)12-17;1-4(6)3-5(2)7;/h5-8,10-11,13-14H,9H2,1-4H3;3,6H,1-2H3;/q-1;;/b;4-3-;. The van der Waals surface area contributed by atoms with Crippen molar-refractivity contribution in [1.82, 2.24) is 4.98 Å². The molecule has 3 nitrogen and oxygen atoms in total. The second-order valence-electron chi connectivity index (χ2n) is 7.93. The molecule has 1 aromatic heterocycles. The Balaban J connectivity index is 0.000000489. The molecule has 4 heteroatoms. The third kappa shape index (κ3) is 7.51. The molecule has 1 radical (unpaired) electrons. The zero-order chi connectivity index (χ0) is 21.6. The normalized spacial score (nSPS) is 11.0. The first kappa shape index (κ1) is 25.7. The molecule has 0 fully saturated rings. The molecule has 2 aromatic carbocycles. The molecule has 0 saturated heterocycles. The second-order valence-corrected chi connectivity index (χ2v) is 7.93. The zero-order valence-electron chi connectivity index (χ0n) is 18.5. The summed E-state index contributed by atoms with van der Waals surface area (Å²) >= 11 is 0. The number of rotatable bonds is 4. The number of aliphatic hydroxyl groups excluding tert-OH is 1. The predicted molar refractivity (Wildman–Crippen MR) is 121 cm³/mol. The minimum absolute atomic E-state index is 0. The number of nitrogens with zero attached hydrogens (tertiary/aromatic N) is 1. The molecule has 1 heterocycles. The summed E-state index contributed by atoms with van der Waals surface area (Å²) < 4.78 is 0. The molecule has 0 saturated carbocycles. The van der Waals surface area contributed by atoms with E-state index in [-0.39, 0.29) is 31.6 Å². The van der Waals surface area contributed by atoms with Crippen molar-refractivity contribution < 1.29 is 30.0 Å². The van der Waals surface area contributed by atoms with Gasteiger partial charge >= 0.3 is 0 Å². The molecule has 1 N–H and O–H groups in total. The first-order valence-corrected chi connectivity index (χ1v) is 9.92. The molecule has 0 aliphatic rings. The Bertz CT molecular complexity index is 1010. The Labute approximate surface area is 193 Å². The van der Waals surface area contributed by atoms with Crippen LogP contribution in [0, 0.1) is 25.8 Å². The minimum atomic E-state index is -0.125. The van der Waals surface area contributed by atoms with E-state index in [1.165, 1.54) is 41.8 Å². The van der Waals surface area contributed by atoms with Gasteiger partial charge in [-0.15, -0.1) is 34.9 Å². The van der Waals surface area contributed by atoms with E-state index < -0.39 is 0 Å². The molecule has 0 bridgehead atoms. The Kier molecular flexibility index (Phi) is 10.1. The van der Waals surface area contributed by atoms with Crippen molar-refractivity contribution in [3.05, 3.63) is 77.2 Å². The number of pyridine rings is 1. The SMILES string of the molecule is CC(=O)/C=C(/C)O.Cc1[c-]c(-c2ncc(CC(C)C)c3ccccc23)cc(C)c1.[Ir]. The fourth-order valence-corrected chi connectivity index (χ4v) is 3.39. The van der Waals surface area contributed by atoms with Crippen molar-refractivity contribution in [3.63, 3.8) is 0 Å². The number of carbonyl (C=O) groups is 1. The molecule has 3 aromatic rings. The molecular formula is C26H30IrNO2-. The van der Waals surface area contributed by atoms with Crippen LogP contribution in [0.1, 0.15) is 44.4 Å². The topological polar surface area (TPSA) is 50.2 Å². The van der Waals surface area contributed by atoms with E-state index in [1.807, 2.05) is 6.20 Å². The molecule has 0 spiro atoms. The Morgan fingerprint density at radius 3 is 2.27 bits per heavy atom. The maximum absolute atomic E-state index is 10.0. The number of aromatic nitrogens is 1. The van der Waals surface area contributed by atoms with Gasteiger partial charge in [0.15, 0.2) is 5.78 Å². The van der Waals surface area contributed by atoms with Gasteiger partial charge < -0.3 is 10.1 Å². The van der Waals surface area contributed by atoms with Crippen molar-refractivity contribution in [1.29, 1.82) is 0 Å². The average Bonchev–Trinajstić information content (AvgIpc) is 2.60. The van der Waals surface area contributed by atoms with Crippen molar-refractivity contribution in [2.45, 2.75) is 48.0 Å². The summed E-state index contributed by atoms with van der Waals surface area (Å²) in [4.78, 5) is 14.8. The number of hydrogen-bond acceptors (Lipinski definition) is 3. The molecule has 3 rings (SSSR count). The van der Waals surface area contributed by atoms with E-state index in [9.17, 15) is 4.79 Å². The van der Waals surface area contributed by atoms with Crippen LogP contribution in [0.4, 0.5) is 0 Å². The van der Waals surface area contributed by atoms with Gasteiger partial charge in [-0.1, -0.05) is 52.0 Å². The second kappa shape index (κ2) is 11.8. The number of carbonyl (C=O) groups excluding carboxylic acids is 1. The van der Waals surface area contributed by atoms with Crippen LogP contribution in [0.2, 0.25) is 0 Å². The minimum Gasteiger partial charge on any atom is -0.512 e. The molecule has 30 heavy (non-hydrogen) atoms. The molecule has 0 unspecified atom stereocenters. The third-order valence-corrected chi connectivity index (χ3v) is 4.32. The summed E-state index contributed by atoms with van der Waals surface area (Å²) in [6, 6.07) is 16.4. The van der Waals surface area contributed by atoms with Crippen LogP contribution in [0.3, 0.4) is 0 Å². The molecule has 161 valence electrons. The fourth-order valence-electron chi connectivity index (χ4n) is 3.39. The summed E-state index contributed by atoms with van der Waals surface area (Å²) in [7, 11) is 0. The van der Waals surface area contributed by atoms with Gasteiger partial charge in [-0.05, 0) is 48.2 Å². The van der Waals surface area contributed by atoms with Crippen molar-refractivity contribution in [2.75, 3.05) is 0 Å². The van der Waals surface area contributed by atoms with E-state index in [4.69, 9.17) is 10.1 Å². The Morgan fingerprint density at radius 1 is 1.13 bits per heavy atom. The summed E-state index contributed by atoms with van der Waals surface area (Å²) in [5.41, 5.74) is 5.87. The van der Waals surface area contributed by atoms with Crippen LogP contribution in [-0.2, 0) is 31.3 Å². The zero-order valence-corrected chi connectivity index (χ0v) is 20.9. The number of benzene rings is 2. The maximum atomic E-state index is 10.0. The average molecular weight is 581 g/mol. The van der Waals surface area contributed by atoms with E-state index in [1.54, 1.807) is 0 Å². The van der Waals surface area contributed by atoms with E-state index >= 15 is 0 Å². The first-order valence-electron chi connectivity index (χ1n) is 9.92. The fraction of sp³-hybridized carbons (Fsp3) is 0.308. The van der Waals surface area contributed by atoms with Crippen LogP contribution in [0.25, 0.3) is 22.0 Å². The molecule has 0 aliphatic heterocycles. The largest absolute Gasteiger partial charge is 0.512 e. The summed E-state index contributed by atoms with van der Waals surface area (Å²) in [6.07, 6.45) is 4.27. The Morgan fingerprint density at radius 2 is 1.77 bits per heavy atom. The van der Waals surface area contributed by atoms with Gasteiger partial charge in [0.25, 0.3) is 0 Å². The smallest absolute Gasteiger partial charge is 0.155 e. The van der Waals surface area contributed by atoms with E-state index in [2.05, 4.69) is 70.2 Å². The molecular weight excluding hydrogens is 551 g/mol. The number of fused-ring (bicyclic) bond motifs is 1. The van der Waals surface area contributed by atoms with E-state index in [0.717, 1.165) is 23.2 Å². The van der Waals surface area contributed by atoms with Gasteiger partial charge in [-0.25, -0.2) is 0 Å². The summed E-state index contributed by atoms with van der Waals surface area (Å²) in [6.45, 7) is 11.6. The van der Waals surface area contributed by atoms with Crippen LogP contribution < -0.4 is 0 Å². The summed E-state index contributed by atoms with van der Waals surface area (Å²) in [5, 5.41) is 10.9. The predicted octanol–water partition coefficient (Wildman–Crippen LogP) is 6.55. The molecule has 0 atom stereocenters. The van der Waals surface area contributed by atoms with Gasteiger partial charge in [0.2, 0.25) is 0 Å². The van der Waals surface area contributed by atoms with Crippen molar-refractivity contribution >= 4 is 16.6 Å². The Hall–Kier alpha value is -2.29. The van der Waals surface area contributed by atoms with Gasteiger partial charge in [0, 0.05) is 32.4 Å². The van der Waals surface area contributed by atoms with Gasteiger partial charge in [-0.3, -0.25) is 4.79 Å². The maximum Gasteiger partial charge on any atom is 0.155 e. The quantitative estimate of drug-likeness (QED) is 0.216. The summed E-state index contributed by atoms with van der Waals surface area (Å²) in [5.74, 6) is 0.566.